The third-order valence-electron chi connectivity index (χ3n) is 16.0. The van der Waals surface area contributed by atoms with Gasteiger partial charge in [-0.15, -0.1) is 0 Å². The second kappa shape index (κ2) is 51.4. The molecule has 0 spiro atoms. The highest BCUT2D eigenvalue weighted by atomic mass is 16.7. The van der Waals surface area contributed by atoms with Crippen LogP contribution >= 0.6 is 0 Å². The first-order chi connectivity index (χ1) is 39.1. The lowest BCUT2D eigenvalue weighted by Crippen LogP contribution is -2.65. The molecule has 9 N–H and O–H groups in total. The van der Waals surface area contributed by atoms with Gasteiger partial charge >= 0.3 is 0 Å². The Labute approximate surface area is 486 Å². The van der Waals surface area contributed by atoms with Crippen molar-refractivity contribution in [3.05, 3.63) is 48.6 Å². The molecule has 0 radical (unpaired) electrons. The van der Waals surface area contributed by atoms with Crippen LogP contribution in [0.3, 0.4) is 0 Å². The molecule has 14 heteroatoms. The summed E-state index contributed by atoms with van der Waals surface area (Å²) in [4.78, 5) is 13.2. The van der Waals surface area contributed by atoms with Crippen LogP contribution < -0.4 is 5.32 Å². The zero-order valence-corrected chi connectivity index (χ0v) is 50.6. The number of aliphatic hydroxyl groups excluding tert-OH is 8. The summed E-state index contributed by atoms with van der Waals surface area (Å²) in [5, 5.41) is 87.1. The second-order valence-corrected chi connectivity index (χ2v) is 23.2. The van der Waals surface area contributed by atoms with E-state index < -0.39 is 86.8 Å². The van der Waals surface area contributed by atoms with Crippen LogP contribution in [0.1, 0.15) is 271 Å². The molecule has 0 aliphatic carbocycles. The van der Waals surface area contributed by atoms with Crippen LogP contribution in [-0.2, 0) is 23.7 Å². The maximum absolute atomic E-state index is 13.2. The molecule has 2 aliphatic heterocycles. The fraction of sp³-hybridized carbons (Fsp3) is 0.864. The van der Waals surface area contributed by atoms with Crippen molar-refractivity contribution in [3.8, 4) is 0 Å². The molecule has 0 aromatic carbocycles. The van der Waals surface area contributed by atoms with Crippen LogP contribution in [0.2, 0.25) is 0 Å². The van der Waals surface area contributed by atoms with Gasteiger partial charge in [-0.1, -0.05) is 242 Å². The lowest BCUT2D eigenvalue weighted by molar-refractivity contribution is -0.359. The summed E-state index contributed by atoms with van der Waals surface area (Å²) in [6, 6.07) is -0.943. The third-order valence-corrected chi connectivity index (χ3v) is 16.0. The fourth-order valence-electron chi connectivity index (χ4n) is 10.7. The number of carbonyl (C=O) groups is 1. The number of carbonyl (C=O) groups excluding carboxylic acids is 1. The molecular formula is C66H121NO13. The van der Waals surface area contributed by atoms with Gasteiger partial charge in [0.1, 0.15) is 48.8 Å². The summed E-state index contributed by atoms with van der Waals surface area (Å²) in [5.41, 5.74) is 0. The molecule has 2 aliphatic rings. The molecule has 2 heterocycles. The van der Waals surface area contributed by atoms with Crippen LogP contribution in [0.4, 0.5) is 0 Å². The van der Waals surface area contributed by atoms with Gasteiger partial charge in [-0.05, 0) is 70.6 Å². The highest BCUT2D eigenvalue weighted by Gasteiger charge is 2.51. The van der Waals surface area contributed by atoms with Crippen molar-refractivity contribution in [1.29, 1.82) is 0 Å². The molecule has 468 valence electrons. The Kier molecular flexibility index (Phi) is 47.6. The number of amides is 1. The predicted octanol–water partition coefficient (Wildman–Crippen LogP) is 12.3. The van der Waals surface area contributed by atoms with Gasteiger partial charge in [0.2, 0.25) is 5.91 Å². The topological polar surface area (TPSA) is 228 Å². The summed E-state index contributed by atoms with van der Waals surface area (Å²) >= 11 is 0. The average molecular weight is 1140 g/mol. The van der Waals surface area contributed by atoms with E-state index in [1.165, 1.54) is 173 Å². The number of unbranched alkanes of at least 4 members (excludes halogenated alkanes) is 34. The normalized spacial score (nSPS) is 24.5. The Morgan fingerprint density at radius 2 is 0.800 bits per heavy atom. The van der Waals surface area contributed by atoms with Crippen molar-refractivity contribution < 1.29 is 64.6 Å². The van der Waals surface area contributed by atoms with Gasteiger partial charge in [-0.2, -0.15) is 0 Å². The molecule has 0 bridgehead atoms. The van der Waals surface area contributed by atoms with E-state index in [0.717, 1.165) is 64.2 Å². The van der Waals surface area contributed by atoms with Gasteiger partial charge in [-0.25, -0.2) is 0 Å². The Morgan fingerprint density at radius 1 is 0.438 bits per heavy atom. The predicted molar refractivity (Wildman–Crippen MR) is 323 cm³/mol. The number of rotatable bonds is 53. The van der Waals surface area contributed by atoms with Crippen molar-refractivity contribution in [2.45, 2.75) is 344 Å². The minimum atomic E-state index is -1.79. The first-order valence-electron chi connectivity index (χ1n) is 32.9. The molecule has 12 unspecified atom stereocenters. The third kappa shape index (κ3) is 35.9. The number of hydrogen-bond donors (Lipinski definition) is 9. The van der Waals surface area contributed by atoms with Gasteiger partial charge in [0.25, 0.3) is 0 Å². The van der Waals surface area contributed by atoms with Crippen molar-refractivity contribution in [2.75, 3.05) is 19.8 Å². The molecule has 2 rings (SSSR count). The zero-order valence-electron chi connectivity index (χ0n) is 50.6. The van der Waals surface area contributed by atoms with Gasteiger partial charge in [0.15, 0.2) is 12.6 Å². The van der Waals surface area contributed by atoms with Crippen molar-refractivity contribution in [1.82, 2.24) is 5.32 Å². The number of aliphatic hydroxyl groups is 8. The van der Waals surface area contributed by atoms with Crippen LogP contribution in [0, 0.1) is 0 Å². The quantitative estimate of drug-likeness (QED) is 0.0204. The summed E-state index contributed by atoms with van der Waals surface area (Å²) in [5.74, 6) is -0.262. The van der Waals surface area contributed by atoms with Crippen molar-refractivity contribution >= 4 is 5.91 Å². The summed E-state index contributed by atoms with van der Waals surface area (Å²) in [6.45, 7) is 2.77. The largest absolute Gasteiger partial charge is 0.394 e. The Balaban J connectivity index is 1.69. The highest BCUT2D eigenvalue weighted by Crippen LogP contribution is 2.30. The minimum absolute atomic E-state index is 0.259. The second-order valence-electron chi connectivity index (χ2n) is 23.2. The molecule has 80 heavy (non-hydrogen) atoms. The summed E-state index contributed by atoms with van der Waals surface area (Å²) in [7, 11) is 0. The smallest absolute Gasteiger partial charge is 0.220 e. The highest BCUT2D eigenvalue weighted by molar-refractivity contribution is 5.76. The first-order valence-corrected chi connectivity index (χ1v) is 32.9. The number of hydrogen-bond acceptors (Lipinski definition) is 13. The SMILES string of the molecule is CCCCCCC/C=C\CCCCCCCC(=O)NC(COC1OC(CO)C(OC2OC(CO)C(O)C(O)C2O)C(O)C1O)C(O)/C=C/CC/C=C/CC/C=C/CCCCCCCCCCCCCCCCCCCCCCCC. The zero-order chi connectivity index (χ0) is 58.1. The lowest BCUT2D eigenvalue weighted by atomic mass is 9.97. The molecule has 12 atom stereocenters. The molecule has 0 aromatic rings. The number of ether oxygens (including phenoxy) is 4. The first kappa shape index (κ1) is 74.1. The van der Waals surface area contributed by atoms with E-state index >= 15 is 0 Å². The molecule has 0 aromatic heterocycles. The molecule has 2 fully saturated rings. The average Bonchev–Trinajstić information content (AvgIpc) is 3.46. The minimum Gasteiger partial charge on any atom is -0.394 e. The number of allylic oxidation sites excluding steroid dienone is 7. The molecule has 1 amide bonds. The van der Waals surface area contributed by atoms with E-state index in [2.05, 4.69) is 55.6 Å². The van der Waals surface area contributed by atoms with E-state index in [0.29, 0.717) is 12.8 Å². The van der Waals surface area contributed by atoms with Crippen molar-refractivity contribution in [3.63, 3.8) is 0 Å². The standard InChI is InChI=1S/C66H121NO13/c1-3-5-7-9-11-13-15-17-19-20-21-22-23-24-25-26-27-28-29-30-31-32-33-34-35-36-37-39-41-43-45-47-49-55(70)54(67-58(71)50-48-46-44-42-40-38-18-16-14-12-10-8-6-4-2)53-77-65-63(76)61(74)64(57(52-69)79-65)80-66-62(75)60(73)59(72)56(51-68)78-66/h16,18,34-35,39,41,47,49,54-57,59-66,68-70,72-76H,3-15,17,19-33,36-38,40,42-46,48,50-53H2,1-2H3,(H,67,71)/b18-16-,35-34+,41-39+,49-47+. The van der Waals surface area contributed by atoms with Gasteiger partial charge < -0.3 is 65.1 Å². The van der Waals surface area contributed by atoms with Crippen LogP contribution in [0.5, 0.6) is 0 Å². The van der Waals surface area contributed by atoms with Crippen LogP contribution in [0.25, 0.3) is 0 Å². The number of nitrogens with one attached hydrogen (secondary N) is 1. The van der Waals surface area contributed by atoms with E-state index in [1.54, 1.807) is 6.08 Å². The van der Waals surface area contributed by atoms with Gasteiger partial charge in [0.05, 0.1) is 32.0 Å². The lowest BCUT2D eigenvalue weighted by Gasteiger charge is -2.46. The summed E-state index contributed by atoms with van der Waals surface area (Å²) < 4.78 is 22.8. The van der Waals surface area contributed by atoms with E-state index in [-0.39, 0.29) is 18.9 Å². The van der Waals surface area contributed by atoms with Crippen LogP contribution in [0.15, 0.2) is 48.6 Å². The summed E-state index contributed by atoms with van der Waals surface area (Å²) in [6.07, 6.45) is 49.0. The van der Waals surface area contributed by atoms with E-state index in [4.69, 9.17) is 18.9 Å². The monoisotopic (exact) mass is 1140 g/mol. The molecular weight excluding hydrogens is 1010 g/mol. The molecule has 2 saturated heterocycles. The molecule has 14 nitrogen and oxygen atoms in total. The Hall–Kier alpha value is -2.05. The fourth-order valence-corrected chi connectivity index (χ4v) is 10.7. The molecule has 0 saturated carbocycles. The van der Waals surface area contributed by atoms with E-state index in [1.807, 2.05) is 6.08 Å². The maximum Gasteiger partial charge on any atom is 0.220 e. The van der Waals surface area contributed by atoms with Crippen molar-refractivity contribution in [2.24, 2.45) is 0 Å². The van der Waals surface area contributed by atoms with E-state index in [9.17, 15) is 45.6 Å². The van der Waals surface area contributed by atoms with Gasteiger partial charge in [-0.3, -0.25) is 4.79 Å². The van der Waals surface area contributed by atoms with Crippen LogP contribution in [-0.4, -0.2) is 140 Å². The Bertz CT molecular complexity index is 1530. The van der Waals surface area contributed by atoms with Gasteiger partial charge in [0, 0.05) is 6.42 Å². The Morgan fingerprint density at radius 3 is 1.23 bits per heavy atom. The maximum atomic E-state index is 13.2.